The van der Waals surface area contributed by atoms with Crippen molar-refractivity contribution in [1.29, 1.82) is 0 Å². The SMILES string of the molecule is Cc1ccc(C(=O)NNc2ncnc(NCCCN3CCOCC3)c2[N+](=O)[O-])cc1. The molecule has 1 aliphatic heterocycles. The number of aromatic nitrogens is 2. The number of hydrazine groups is 1. The number of rotatable bonds is 9. The summed E-state index contributed by atoms with van der Waals surface area (Å²) in [5.41, 5.74) is 6.09. The fraction of sp³-hybridized carbons (Fsp3) is 0.421. The highest BCUT2D eigenvalue weighted by Crippen LogP contribution is 2.28. The van der Waals surface area contributed by atoms with E-state index in [0.29, 0.717) is 12.1 Å². The fourth-order valence-corrected chi connectivity index (χ4v) is 3.00. The van der Waals surface area contributed by atoms with Crippen LogP contribution in [0.5, 0.6) is 0 Å². The summed E-state index contributed by atoms with van der Waals surface area (Å²) in [5.74, 6) is -0.418. The molecule has 0 bridgehead atoms. The predicted molar refractivity (Wildman–Crippen MR) is 111 cm³/mol. The Morgan fingerprint density at radius 2 is 1.90 bits per heavy atom. The fourth-order valence-electron chi connectivity index (χ4n) is 3.00. The first-order chi connectivity index (χ1) is 14.5. The topological polar surface area (TPSA) is 135 Å². The van der Waals surface area contributed by atoms with E-state index < -0.39 is 10.8 Å². The van der Waals surface area contributed by atoms with E-state index in [1.807, 2.05) is 6.92 Å². The molecule has 0 unspecified atom stereocenters. The van der Waals surface area contributed by atoms with Crippen molar-refractivity contribution in [1.82, 2.24) is 20.3 Å². The molecule has 2 aromatic rings. The van der Waals surface area contributed by atoms with Crippen molar-refractivity contribution in [2.75, 3.05) is 50.1 Å². The molecular formula is C19H25N7O4. The maximum absolute atomic E-state index is 12.2. The molecule has 1 aliphatic rings. The van der Waals surface area contributed by atoms with Crippen LogP contribution in [0.2, 0.25) is 0 Å². The van der Waals surface area contributed by atoms with Crippen LogP contribution in [0.15, 0.2) is 30.6 Å². The molecular weight excluding hydrogens is 390 g/mol. The second kappa shape index (κ2) is 10.5. The van der Waals surface area contributed by atoms with E-state index in [4.69, 9.17) is 4.74 Å². The Hall–Kier alpha value is -3.31. The number of morpholine rings is 1. The van der Waals surface area contributed by atoms with Gasteiger partial charge in [-0.15, -0.1) is 0 Å². The first-order valence-electron chi connectivity index (χ1n) is 9.71. The average molecular weight is 415 g/mol. The minimum Gasteiger partial charge on any atom is -0.379 e. The van der Waals surface area contributed by atoms with Crippen LogP contribution in [-0.4, -0.2) is 65.1 Å². The Labute approximate surface area is 174 Å². The number of benzene rings is 1. The molecule has 0 atom stereocenters. The number of hydrogen-bond acceptors (Lipinski definition) is 9. The minimum absolute atomic E-state index is 0.0915. The number of hydrogen-bond donors (Lipinski definition) is 3. The van der Waals surface area contributed by atoms with Crippen molar-refractivity contribution >= 4 is 23.2 Å². The van der Waals surface area contributed by atoms with Crippen molar-refractivity contribution < 1.29 is 14.5 Å². The summed E-state index contributed by atoms with van der Waals surface area (Å²) in [6.07, 6.45) is 2.01. The Kier molecular flexibility index (Phi) is 7.46. The van der Waals surface area contributed by atoms with Crippen molar-refractivity contribution in [2.45, 2.75) is 13.3 Å². The standard InChI is InChI=1S/C19H25N7O4/c1-14-3-5-15(6-4-14)19(27)24-23-18-16(26(28)29)17(21-13-22-18)20-7-2-8-25-9-11-30-12-10-25/h3-6,13H,2,7-12H2,1H3,(H,24,27)(H2,20,21,22,23). The van der Waals surface area contributed by atoms with Crippen LogP contribution < -0.4 is 16.2 Å². The van der Waals surface area contributed by atoms with E-state index in [1.54, 1.807) is 24.3 Å². The van der Waals surface area contributed by atoms with Gasteiger partial charge in [0.25, 0.3) is 5.91 Å². The Balaban J connectivity index is 1.58. The highest BCUT2D eigenvalue weighted by molar-refractivity contribution is 5.95. The van der Waals surface area contributed by atoms with Crippen molar-refractivity contribution in [3.8, 4) is 0 Å². The van der Waals surface area contributed by atoms with Crippen LogP contribution in [0.1, 0.15) is 22.3 Å². The smallest absolute Gasteiger partial charge is 0.354 e. The molecule has 0 saturated carbocycles. The van der Waals surface area contributed by atoms with Gasteiger partial charge in [0.05, 0.1) is 18.1 Å². The summed E-state index contributed by atoms with van der Waals surface area (Å²) < 4.78 is 5.32. The molecule has 30 heavy (non-hydrogen) atoms. The maximum atomic E-state index is 12.2. The van der Waals surface area contributed by atoms with Gasteiger partial charge < -0.3 is 10.1 Å². The summed E-state index contributed by atoms with van der Waals surface area (Å²) in [6, 6.07) is 6.95. The molecule has 2 heterocycles. The molecule has 11 heteroatoms. The van der Waals surface area contributed by atoms with Gasteiger partial charge >= 0.3 is 5.69 Å². The maximum Gasteiger partial charge on any atom is 0.354 e. The van der Waals surface area contributed by atoms with Crippen LogP contribution in [0.25, 0.3) is 0 Å². The van der Waals surface area contributed by atoms with Crippen LogP contribution >= 0.6 is 0 Å². The molecule has 3 N–H and O–H groups in total. The van der Waals surface area contributed by atoms with Gasteiger partial charge in [0.1, 0.15) is 6.33 Å². The van der Waals surface area contributed by atoms with Gasteiger partial charge in [0.2, 0.25) is 11.6 Å². The summed E-state index contributed by atoms with van der Waals surface area (Å²) in [7, 11) is 0. The number of nitro groups is 1. The van der Waals surface area contributed by atoms with Gasteiger partial charge in [0.15, 0.2) is 0 Å². The molecule has 0 spiro atoms. The Morgan fingerprint density at radius 1 is 1.20 bits per heavy atom. The zero-order chi connectivity index (χ0) is 21.3. The second-order valence-electron chi connectivity index (χ2n) is 6.86. The van der Waals surface area contributed by atoms with Gasteiger partial charge in [0, 0.05) is 25.2 Å². The molecule has 160 valence electrons. The zero-order valence-corrected chi connectivity index (χ0v) is 16.8. The third kappa shape index (κ3) is 5.84. The summed E-state index contributed by atoms with van der Waals surface area (Å²) in [4.78, 5) is 33.4. The molecule has 0 aliphatic carbocycles. The van der Waals surface area contributed by atoms with Gasteiger partial charge in [-0.2, -0.15) is 0 Å². The van der Waals surface area contributed by atoms with Crippen LogP contribution in [0.4, 0.5) is 17.3 Å². The number of aryl methyl sites for hydroxylation is 1. The van der Waals surface area contributed by atoms with E-state index in [2.05, 4.69) is 31.0 Å². The Morgan fingerprint density at radius 3 is 2.60 bits per heavy atom. The molecule has 3 rings (SSSR count). The van der Waals surface area contributed by atoms with Gasteiger partial charge in [-0.3, -0.25) is 30.7 Å². The highest BCUT2D eigenvalue weighted by Gasteiger charge is 2.23. The number of carbonyl (C=O) groups is 1. The monoisotopic (exact) mass is 415 g/mol. The molecule has 1 amide bonds. The number of nitrogens with one attached hydrogen (secondary N) is 3. The van der Waals surface area contributed by atoms with E-state index in [9.17, 15) is 14.9 Å². The largest absolute Gasteiger partial charge is 0.379 e. The molecule has 1 aromatic carbocycles. The molecule has 0 radical (unpaired) electrons. The van der Waals surface area contributed by atoms with E-state index in [1.165, 1.54) is 6.33 Å². The lowest BCUT2D eigenvalue weighted by molar-refractivity contribution is -0.383. The number of nitrogens with zero attached hydrogens (tertiary/aromatic N) is 4. The predicted octanol–water partition coefficient (Wildman–Crippen LogP) is 1.58. The van der Waals surface area contributed by atoms with Gasteiger partial charge in [-0.25, -0.2) is 9.97 Å². The van der Waals surface area contributed by atoms with Crippen LogP contribution in [0.3, 0.4) is 0 Å². The third-order valence-corrected chi connectivity index (χ3v) is 4.66. The number of anilines is 2. The van der Waals surface area contributed by atoms with Crippen LogP contribution in [0, 0.1) is 17.0 Å². The molecule has 1 aromatic heterocycles. The van der Waals surface area contributed by atoms with Crippen molar-refractivity contribution in [3.63, 3.8) is 0 Å². The average Bonchev–Trinajstić information content (AvgIpc) is 2.76. The lowest BCUT2D eigenvalue weighted by atomic mass is 10.1. The normalized spacial score (nSPS) is 14.2. The van der Waals surface area contributed by atoms with Crippen LogP contribution in [-0.2, 0) is 4.74 Å². The number of carbonyl (C=O) groups excluding carboxylic acids is 1. The van der Waals surface area contributed by atoms with Crippen molar-refractivity contribution in [2.24, 2.45) is 0 Å². The zero-order valence-electron chi connectivity index (χ0n) is 16.8. The number of amides is 1. The summed E-state index contributed by atoms with van der Waals surface area (Å²) in [6.45, 7) is 6.55. The molecule has 1 fully saturated rings. The number of ether oxygens (including phenoxy) is 1. The Bertz CT molecular complexity index is 870. The lowest BCUT2D eigenvalue weighted by Gasteiger charge is -2.26. The van der Waals surface area contributed by atoms with Gasteiger partial charge in [-0.1, -0.05) is 17.7 Å². The minimum atomic E-state index is -0.579. The van der Waals surface area contributed by atoms with E-state index in [0.717, 1.165) is 44.8 Å². The second-order valence-corrected chi connectivity index (χ2v) is 6.86. The lowest BCUT2D eigenvalue weighted by Crippen LogP contribution is -2.37. The first kappa shape index (κ1) is 21.4. The quantitative estimate of drug-likeness (QED) is 0.317. The highest BCUT2D eigenvalue weighted by atomic mass is 16.6. The van der Waals surface area contributed by atoms with E-state index in [-0.39, 0.29) is 17.3 Å². The van der Waals surface area contributed by atoms with Crippen molar-refractivity contribution in [3.05, 3.63) is 51.8 Å². The molecule has 1 saturated heterocycles. The third-order valence-electron chi connectivity index (χ3n) is 4.66. The first-order valence-corrected chi connectivity index (χ1v) is 9.71. The summed E-state index contributed by atoms with van der Waals surface area (Å²) >= 11 is 0. The van der Waals surface area contributed by atoms with Gasteiger partial charge in [-0.05, 0) is 32.0 Å². The molecule has 11 nitrogen and oxygen atoms in total. The summed E-state index contributed by atoms with van der Waals surface area (Å²) in [5, 5.41) is 14.6. The van der Waals surface area contributed by atoms with E-state index >= 15 is 0 Å².